The Bertz CT molecular complexity index is 320. The van der Waals surface area contributed by atoms with E-state index in [4.69, 9.17) is 0 Å². The Morgan fingerprint density at radius 3 is 2.76 bits per heavy atom. The lowest BCUT2D eigenvalue weighted by molar-refractivity contribution is -0.138. The molecule has 0 bridgehead atoms. The molecule has 1 heterocycles. The van der Waals surface area contributed by atoms with Crippen LogP contribution in [-0.2, 0) is 14.4 Å². The molecule has 0 aromatic carbocycles. The van der Waals surface area contributed by atoms with Gasteiger partial charge in [0.15, 0.2) is 0 Å². The number of hydrogen-bond acceptors (Lipinski definition) is 4. The summed E-state index contributed by atoms with van der Waals surface area (Å²) in [4.78, 5) is 35.8. The maximum atomic E-state index is 11.7. The first-order chi connectivity index (χ1) is 8.10. The normalized spacial score (nSPS) is 19.9. The van der Waals surface area contributed by atoms with Crippen LogP contribution in [0, 0.1) is 0 Å². The van der Waals surface area contributed by atoms with Gasteiger partial charge in [0.25, 0.3) is 0 Å². The number of carbonyl (C=O) groups excluding carboxylic acids is 3. The van der Waals surface area contributed by atoms with Gasteiger partial charge in [-0.05, 0) is 12.7 Å². The number of nitrogens with zero attached hydrogens (tertiary/aromatic N) is 1. The second-order valence-corrected chi connectivity index (χ2v) is 4.95. The van der Waals surface area contributed by atoms with Gasteiger partial charge in [-0.2, -0.15) is 11.8 Å². The Balaban J connectivity index is 2.39. The first kappa shape index (κ1) is 14.0. The lowest BCUT2D eigenvalue weighted by Gasteiger charge is -2.14. The lowest BCUT2D eigenvalue weighted by atomic mass is 10.3. The van der Waals surface area contributed by atoms with Crippen LogP contribution in [0.5, 0.6) is 0 Å². The maximum absolute atomic E-state index is 11.7. The first-order valence-corrected chi connectivity index (χ1v) is 7.02. The molecule has 3 amide bonds. The second kappa shape index (κ2) is 6.64. The summed E-state index contributed by atoms with van der Waals surface area (Å²) in [5.41, 5.74) is 0. The van der Waals surface area contributed by atoms with E-state index >= 15 is 0 Å². The molecule has 96 valence electrons. The molecular weight excluding hydrogens is 240 g/mol. The third-order valence-corrected chi connectivity index (χ3v) is 3.56. The number of hydrogen-bond donors (Lipinski definition) is 1. The molecule has 0 aromatic rings. The molecule has 0 aromatic heterocycles. The minimum absolute atomic E-state index is 0.111. The van der Waals surface area contributed by atoms with E-state index in [9.17, 15) is 14.4 Å². The molecule has 1 fully saturated rings. The van der Waals surface area contributed by atoms with Crippen LogP contribution < -0.4 is 5.32 Å². The molecule has 1 N–H and O–H groups in total. The fraction of sp³-hybridized carbons (Fsp3) is 0.727. The lowest BCUT2D eigenvalue weighted by Crippen LogP contribution is -2.35. The Morgan fingerprint density at radius 1 is 1.53 bits per heavy atom. The summed E-state index contributed by atoms with van der Waals surface area (Å²) in [5, 5.41) is 2.45. The molecule has 1 unspecified atom stereocenters. The van der Waals surface area contributed by atoms with Gasteiger partial charge in [0.05, 0.1) is 5.25 Å². The van der Waals surface area contributed by atoms with Crippen molar-refractivity contribution in [2.24, 2.45) is 0 Å². The molecule has 1 aliphatic heterocycles. The van der Waals surface area contributed by atoms with Crippen LogP contribution in [-0.4, -0.2) is 47.2 Å². The molecule has 1 rings (SSSR count). The average molecular weight is 258 g/mol. The average Bonchev–Trinajstić information content (AvgIpc) is 2.59. The van der Waals surface area contributed by atoms with Crippen molar-refractivity contribution in [1.82, 2.24) is 10.2 Å². The van der Waals surface area contributed by atoms with E-state index in [1.54, 1.807) is 0 Å². The molecule has 1 saturated heterocycles. The van der Waals surface area contributed by atoms with Crippen LogP contribution in [0.4, 0.5) is 0 Å². The molecule has 5 nitrogen and oxygen atoms in total. The van der Waals surface area contributed by atoms with Crippen molar-refractivity contribution in [3.05, 3.63) is 0 Å². The Kier molecular flexibility index (Phi) is 5.47. The predicted octanol–water partition coefficient (Wildman–Crippen LogP) is 0.393. The molecule has 17 heavy (non-hydrogen) atoms. The monoisotopic (exact) mass is 258 g/mol. The van der Waals surface area contributed by atoms with Crippen LogP contribution in [0.15, 0.2) is 0 Å². The third kappa shape index (κ3) is 3.73. The Morgan fingerprint density at radius 2 is 2.24 bits per heavy atom. The molecule has 6 heteroatoms. The zero-order valence-corrected chi connectivity index (χ0v) is 11.0. The number of imide groups is 1. The number of amides is 3. The van der Waals surface area contributed by atoms with Crippen molar-refractivity contribution in [3.8, 4) is 0 Å². The maximum Gasteiger partial charge on any atom is 0.242 e. The second-order valence-electron chi connectivity index (χ2n) is 3.91. The van der Waals surface area contributed by atoms with E-state index in [1.165, 1.54) is 16.7 Å². The zero-order chi connectivity index (χ0) is 12.8. The van der Waals surface area contributed by atoms with E-state index in [-0.39, 0.29) is 42.4 Å². The standard InChI is InChI=1S/C11H18N2O3S/c1-3-5-12-9(14)4-6-13-10(15)7-8(17-2)11(13)16/h8H,3-7H2,1-2H3,(H,12,14). The summed E-state index contributed by atoms with van der Waals surface area (Å²) in [6.07, 6.45) is 3.14. The SMILES string of the molecule is CCCNC(=O)CCN1C(=O)CC(SC)C1=O. The number of likely N-dealkylation sites (tertiary alicyclic amines) is 1. The molecule has 0 aliphatic carbocycles. The fourth-order valence-corrected chi connectivity index (χ4v) is 2.28. The summed E-state index contributed by atoms with van der Waals surface area (Å²) in [6, 6.07) is 0. The van der Waals surface area contributed by atoms with E-state index in [0.29, 0.717) is 6.54 Å². The zero-order valence-electron chi connectivity index (χ0n) is 10.2. The van der Waals surface area contributed by atoms with Crippen LogP contribution >= 0.6 is 11.8 Å². The Hall–Kier alpha value is -1.04. The van der Waals surface area contributed by atoms with Gasteiger partial charge >= 0.3 is 0 Å². The van der Waals surface area contributed by atoms with Crippen molar-refractivity contribution in [1.29, 1.82) is 0 Å². The van der Waals surface area contributed by atoms with Gasteiger partial charge < -0.3 is 5.32 Å². The van der Waals surface area contributed by atoms with Crippen molar-refractivity contribution in [2.75, 3.05) is 19.3 Å². The minimum Gasteiger partial charge on any atom is -0.356 e. The Labute approximate surface area is 105 Å². The molecule has 0 radical (unpaired) electrons. The van der Waals surface area contributed by atoms with Crippen LogP contribution in [0.2, 0.25) is 0 Å². The van der Waals surface area contributed by atoms with Gasteiger partial charge in [0.2, 0.25) is 17.7 Å². The summed E-state index contributed by atoms with van der Waals surface area (Å²) in [6.45, 7) is 2.80. The highest BCUT2D eigenvalue weighted by atomic mass is 32.2. The minimum atomic E-state index is -0.263. The van der Waals surface area contributed by atoms with Crippen LogP contribution in [0.3, 0.4) is 0 Å². The van der Waals surface area contributed by atoms with Crippen molar-refractivity contribution in [3.63, 3.8) is 0 Å². The van der Waals surface area contributed by atoms with Gasteiger partial charge in [-0.1, -0.05) is 6.92 Å². The summed E-state index contributed by atoms with van der Waals surface area (Å²) < 4.78 is 0. The molecular formula is C11H18N2O3S. The van der Waals surface area contributed by atoms with E-state index < -0.39 is 0 Å². The summed E-state index contributed by atoms with van der Waals surface area (Å²) >= 11 is 1.38. The highest BCUT2D eigenvalue weighted by Crippen LogP contribution is 2.22. The molecule has 1 atom stereocenters. The van der Waals surface area contributed by atoms with Crippen molar-refractivity contribution in [2.45, 2.75) is 31.4 Å². The van der Waals surface area contributed by atoms with Gasteiger partial charge in [0.1, 0.15) is 0 Å². The van der Waals surface area contributed by atoms with Crippen LogP contribution in [0.25, 0.3) is 0 Å². The van der Waals surface area contributed by atoms with E-state index in [0.717, 1.165) is 6.42 Å². The van der Waals surface area contributed by atoms with Gasteiger partial charge in [-0.3, -0.25) is 19.3 Å². The number of rotatable bonds is 6. The van der Waals surface area contributed by atoms with Gasteiger partial charge in [-0.15, -0.1) is 0 Å². The molecule has 1 aliphatic rings. The quantitative estimate of drug-likeness (QED) is 0.700. The third-order valence-electron chi connectivity index (χ3n) is 2.62. The molecule has 0 spiro atoms. The van der Waals surface area contributed by atoms with Crippen molar-refractivity contribution >= 4 is 29.5 Å². The topological polar surface area (TPSA) is 66.5 Å². The predicted molar refractivity (Wildman–Crippen MR) is 66.6 cm³/mol. The highest BCUT2D eigenvalue weighted by molar-refractivity contribution is 8.00. The van der Waals surface area contributed by atoms with Gasteiger partial charge in [0, 0.05) is 25.9 Å². The fourth-order valence-electron chi connectivity index (χ4n) is 1.64. The number of carbonyl (C=O) groups is 3. The first-order valence-electron chi connectivity index (χ1n) is 5.73. The van der Waals surface area contributed by atoms with E-state index in [2.05, 4.69) is 5.32 Å². The van der Waals surface area contributed by atoms with Crippen molar-refractivity contribution < 1.29 is 14.4 Å². The smallest absolute Gasteiger partial charge is 0.242 e. The number of thioether (sulfide) groups is 1. The summed E-state index contributed by atoms with van der Waals surface area (Å²) in [7, 11) is 0. The summed E-state index contributed by atoms with van der Waals surface area (Å²) in [5.74, 6) is -0.441. The molecule has 0 saturated carbocycles. The highest BCUT2D eigenvalue weighted by Gasteiger charge is 2.37. The van der Waals surface area contributed by atoms with Gasteiger partial charge in [-0.25, -0.2) is 0 Å². The number of nitrogens with one attached hydrogen (secondary N) is 1. The largest absolute Gasteiger partial charge is 0.356 e. The van der Waals surface area contributed by atoms with E-state index in [1.807, 2.05) is 13.2 Å². The van der Waals surface area contributed by atoms with Crippen LogP contribution in [0.1, 0.15) is 26.2 Å².